The normalized spacial score (nSPS) is 9.47. The van der Waals surface area contributed by atoms with Crippen molar-refractivity contribution in [2.75, 3.05) is 6.61 Å². The van der Waals surface area contributed by atoms with E-state index in [4.69, 9.17) is 5.11 Å². The summed E-state index contributed by atoms with van der Waals surface area (Å²) in [7, 11) is 0. The lowest BCUT2D eigenvalue weighted by Gasteiger charge is -2.05. The molecule has 0 atom stereocenters. The average molecular weight is 208 g/mol. The van der Waals surface area contributed by atoms with Gasteiger partial charge in [0.1, 0.15) is 6.61 Å². The van der Waals surface area contributed by atoms with Gasteiger partial charge in [-0.2, -0.15) is 0 Å². The van der Waals surface area contributed by atoms with Crippen LogP contribution in [0.15, 0.2) is 24.3 Å². The van der Waals surface area contributed by atoms with Gasteiger partial charge in [0.25, 0.3) is 11.8 Å². The van der Waals surface area contributed by atoms with E-state index in [1.54, 1.807) is 24.3 Å². The molecule has 0 bridgehead atoms. The number of hydrogen-bond donors (Lipinski definition) is 3. The van der Waals surface area contributed by atoms with Crippen molar-refractivity contribution in [2.24, 2.45) is 0 Å². The van der Waals surface area contributed by atoms with Gasteiger partial charge in [-0.15, -0.1) is 0 Å². The molecule has 0 unspecified atom stereocenters. The molecule has 0 fully saturated rings. The fourth-order valence-electron chi connectivity index (χ4n) is 0.943. The first-order valence-electron chi connectivity index (χ1n) is 4.40. The van der Waals surface area contributed by atoms with E-state index >= 15 is 0 Å². The number of carbonyl (C=O) groups is 2. The molecule has 0 aromatic heterocycles. The fourth-order valence-corrected chi connectivity index (χ4v) is 0.943. The second-order valence-electron chi connectivity index (χ2n) is 3.03. The number of aliphatic hydroxyl groups is 1. The van der Waals surface area contributed by atoms with Crippen LogP contribution in [0.1, 0.15) is 15.9 Å². The van der Waals surface area contributed by atoms with Crippen LogP contribution in [0.25, 0.3) is 0 Å². The quantitative estimate of drug-likeness (QED) is 0.586. The zero-order valence-corrected chi connectivity index (χ0v) is 8.28. The number of carbonyl (C=O) groups excluding carboxylic acids is 2. The van der Waals surface area contributed by atoms with E-state index in [9.17, 15) is 9.59 Å². The van der Waals surface area contributed by atoms with E-state index in [1.165, 1.54) is 0 Å². The predicted molar refractivity (Wildman–Crippen MR) is 53.9 cm³/mol. The molecule has 0 heterocycles. The number of aliphatic hydroxyl groups excluding tert-OH is 1. The summed E-state index contributed by atoms with van der Waals surface area (Å²) in [5.41, 5.74) is 5.72. The minimum absolute atomic E-state index is 0.420. The first-order chi connectivity index (χ1) is 7.13. The Hall–Kier alpha value is -1.88. The third kappa shape index (κ3) is 3.40. The Bertz CT molecular complexity index is 359. The predicted octanol–water partition coefficient (Wildman–Crippen LogP) is -0.252. The van der Waals surface area contributed by atoms with Crippen molar-refractivity contribution in [1.29, 1.82) is 0 Å². The molecule has 0 spiro atoms. The Morgan fingerprint density at radius 1 is 1.20 bits per heavy atom. The molecule has 0 aliphatic rings. The Morgan fingerprint density at radius 3 is 2.33 bits per heavy atom. The first kappa shape index (κ1) is 11.2. The molecule has 80 valence electrons. The molecular weight excluding hydrogens is 196 g/mol. The highest BCUT2D eigenvalue weighted by Gasteiger charge is 2.05. The second kappa shape index (κ2) is 5.11. The highest BCUT2D eigenvalue weighted by atomic mass is 16.3. The monoisotopic (exact) mass is 208 g/mol. The van der Waals surface area contributed by atoms with Gasteiger partial charge in [-0.3, -0.25) is 20.4 Å². The van der Waals surface area contributed by atoms with Crippen LogP contribution in [0.2, 0.25) is 0 Å². The van der Waals surface area contributed by atoms with E-state index in [-0.39, 0.29) is 0 Å². The molecule has 15 heavy (non-hydrogen) atoms. The van der Waals surface area contributed by atoms with Crippen LogP contribution in [0.5, 0.6) is 0 Å². The smallest absolute Gasteiger partial charge is 0.269 e. The van der Waals surface area contributed by atoms with Crippen LogP contribution in [0.3, 0.4) is 0 Å². The minimum atomic E-state index is -0.659. The maximum Gasteiger partial charge on any atom is 0.269 e. The molecule has 0 aliphatic heterocycles. The molecule has 1 aromatic rings. The summed E-state index contributed by atoms with van der Waals surface area (Å²) in [6, 6.07) is 6.89. The molecule has 0 aliphatic carbocycles. The van der Waals surface area contributed by atoms with Crippen molar-refractivity contribution in [1.82, 2.24) is 10.9 Å². The van der Waals surface area contributed by atoms with Gasteiger partial charge in [-0.1, -0.05) is 17.7 Å². The number of amides is 2. The topological polar surface area (TPSA) is 78.4 Å². The standard InChI is InChI=1S/C10H12N2O3/c1-7-2-4-8(5-3-7)10(15)12-11-9(14)6-13/h2-5,13H,6H2,1H3,(H,11,14)(H,12,15). The Kier molecular flexibility index (Phi) is 3.82. The van der Waals surface area contributed by atoms with E-state index in [1.807, 2.05) is 6.92 Å². The lowest BCUT2D eigenvalue weighted by molar-refractivity contribution is -0.124. The molecular formula is C10H12N2O3. The van der Waals surface area contributed by atoms with Gasteiger partial charge < -0.3 is 5.11 Å². The number of nitrogens with one attached hydrogen (secondary N) is 2. The van der Waals surface area contributed by atoms with Crippen LogP contribution >= 0.6 is 0 Å². The largest absolute Gasteiger partial charge is 0.386 e. The lowest BCUT2D eigenvalue weighted by Crippen LogP contribution is -2.42. The first-order valence-corrected chi connectivity index (χ1v) is 4.40. The third-order valence-corrected chi connectivity index (χ3v) is 1.77. The molecule has 3 N–H and O–H groups in total. The number of benzene rings is 1. The highest BCUT2D eigenvalue weighted by molar-refractivity contribution is 5.95. The molecule has 0 saturated carbocycles. The Labute approximate surface area is 87.1 Å². The molecule has 5 heteroatoms. The van der Waals surface area contributed by atoms with Crippen molar-refractivity contribution < 1.29 is 14.7 Å². The van der Waals surface area contributed by atoms with Gasteiger partial charge in [0.05, 0.1) is 0 Å². The van der Waals surface area contributed by atoms with Crippen molar-refractivity contribution in [3.63, 3.8) is 0 Å². The molecule has 5 nitrogen and oxygen atoms in total. The van der Waals surface area contributed by atoms with E-state index in [0.29, 0.717) is 5.56 Å². The SMILES string of the molecule is Cc1ccc(C(=O)NNC(=O)CO)cc1. The maximum atomic E-state index is 11.4. The summed E-state index contributed by atoms with van der Waals surface area (Å²) < 4.78 is 0. The second-order valence-corrected chi connectivity index (χ2v) is 3.03. The van der Waals surface area contributed by atoms with Crippen LogP contribution in [0.4, 0.5) is 0 Å². The minimum Gasteiger partial charge on any atom is -0.386 e. The van der Waals surface area contributed by atoms with Crippen molar-refractivity contribution in [2.45, 2.75) is 6.92 Å². The number of hydrogen-bond acceptors (Lipinski definition) is 3. The van der Waals surface area contributed by atoms with Gasteiger partial charge in [0.15, 0.2) is 0 Å². The Balaban J connectivity index is 2.54. The molecule has 0 radical (unpaired) electrons. The van der Waals surface area contributed by atoms with Gasteiger partial charge in [-0.05, 0) is 19.1 Å². The zero-order chi connectivity index (χ0) is 11.3. The van der Waals surface area contributed by atoms with Crippen LogP contribution in [-0.4, -0.2) is 23.5 Å². The van der Waals surface area contributed by atoms with Crippen LogP contribution in [-0.2, 0) is 4.79 Å². The van der Waals surface area contributed by atoms with Crippen molar-refractivity contribution in [3.05, 3.63) is 35.4 Å². The van der Waals surface area contributed by atoms with Gasteiger partial charge in [0.2, 0.25) is 0 Å². The van der Waals surface area contributed by atoms with Crippen LogP contribution < -0.4 is 10.9 Å². The summed E-state index contributed by atoms with van der Waals surface area (Å²) in [6.45, 7) is 1.25. The van der Waals surface area contributed by atoms with Crippen molar-refractivity contribution >= 4 is 11.8 Å². The molecule has 1 aromatic carbocycles. The number of aryl methyl sites for hydroxylation is 1. The third-order valence-electron chi connectivity index (χ3n) is 1.77. The maximum absolute atomic E-state index is 11.4. The number of hydrazine groups is 1. The summed E-state index contributed by atoms with van der Waals surface area (Å²) in [4.78, 5) is 22.0. The van der Waals surface area contributed by atoms with E-state index < -0.39 is 18.4 Å². The summed E-state index contributed by atoms with van der Waals surface area (Å²) >= 11 is 0. The lowest BCUT2D eigenvalue weighted by atomic mass is 10.1. The molecule has 0 saturated heterocycles. The van der Waals surface area contributed by atoms with E-state index in [2.05, 4.69) is 10.9 Å². The average Bonchev–Trinajstić information content (AvgIpc) is 2.26. The highest BCUT2D eigenvalue weighted by Crippen LogP contribution is 2.01. The molecule has 1 rings (SSSR count). The summed E-state index contributed by atoms with van der Waals surface area (Å²) in [6.07, 6.45) is 0. The zero-order valence-electron chi connectivity index (χ0n) is 8.28. The van der Waals surface area contributed by atoms with Gasteiger partial charge in [-0.25, -0.2) is 0 Å². The van der Waals surface area contributed by atoms with Crippen LogP contribution in [0, 0.1) is 6.92 Å². The summed E-state index contributed by atoms with van der Waals surface area (Å²) in [5, 5.41) is 8.39. The number of rotatable bonds is 2. The van der Waals surface area contributed by atoms with Crippen molar-refractivity contribution in [3.8, 4) is 0 Å². The fraction of sp³-hybridized carbons (Fsp3) is 0.200. The molecule has 2 amide bonds. The van der Waals surface area contributed by atoms with E-state index in [0.717, 1.165) is 5.56 Å². The Morgan fingerprint density at radius 2 is 1.80 bits per heavy atom. The van der Waals surface area contributed by atoms with Gasteiger partial charge in [0, 0.05) is 5.56 Å². The summed E-state index contributed by atoms with van der Waals surface area (Å²) in [5.74, 6) is -1.08. The van der Waals surface area contributed by atoms with Gasteiger partial charge >= 0.3 is 0 Å².